The van der Waals surface area contributed by atoms with Gasteiger partial charge in [-0.2, -0.15) is 0 Å². The summed E-state index contributed by atoms with van der Waals surface area (Å²) in [6.45, 7) is 2.35. The number of halogens is 1. The molecule has 0 fully saturated rings. The molecule has 168 valence electrons. The Morgan fingerprint density at radius 3 is 2.36 bits per heavy atom. The van der Waals surface area contributed by atoms with E-state index in [1.807, 2.05) is 30.3 Å². The fourth-order valence-corrected chi connectivity index (χ4v) is 3.26. The maximum atomic E-state index is 14.5. The van der Waals surface area contributed by atoms with E-state index in [1.165, 1.54) is 6.07 Å². The molecule has 7 heteroatoms. The minimum absolute atomic E-state index is 0.140. The second-order valence-electron chi connectivity index (χ2n) is 7.44. The van der Waals surface area contributed by atoms with Crippen LogP contribution in [-0.4, -0.2) is 22.1 Å². The molecular weight excluding hydrogens is 421 g/mol. The summed E-state index contributed by atoms with van der Waals surface area (Å²) in [6, 6.07) is 21.8. The average molecular weight is 445 g/mol. The van der Waals surface area contributed by atoms with Gasteiger partial charge in [-0.3, -0.25) is 4.79 Å². The zero-order chi connectivity index (χ0) is 23.0. The van der Waals surface area contributed by atoms with Crippen molar-refractivity contribution in [3.8, 4) is 17.2 Å². The molecule has 1 heterocycles. The second kappa shape index (κ2) is 10.5. The maximum Gasteiger partial charge on any atom is 0.258 e. The van der Waals surface area contributed by atoms with E-state index in [9.17, 15) is 9.18 Å². The molecule has 0 radical (unpaired) electrons. The van der Waals surface area contributed by atoms with E-state index in [0.29, 0.717) is 35.2 Å². The van der Waals surface area contributed by atoms with Crippen molar-refractivity contribution in [2.75, 3.05) is 6.61 Å². The van der Waals surface area contributed by atoms with Crippen molar-refractivity contribution in [2.45, 2.75) is 20.1 Å². The number of hydrogen-bond acceptors (Lipinski definition) is 4. The lowest BCUT2D eigenvalue weighted by Gasteiger charge is -2.11. The number of aryl methyl sites for hydroxylation is 1. The van der Waals surface area contributed by atoms with Crippen LogP contribution in [0.4, 0.5) is 4.39 Å². The Bertz CT molecular complexity index is 1210. The molecule has 6 nitrogen and oxygen atoms in total. The second-order valence-corrected chi connectivity index (χ2v) is 7.44. The van der Waals surface area contributed by atoms with Crippen LogP contribution >= 0.6 is 0 Å². The molecule has 3 aromatic carbocycles. The number of benzene rings is 3. The van der Waals surface area contributed by atoms with Gasteiger partial charge in [0.05, 0.1) is 5.69 Å². The zero-order valence-electron chi connectivity index (χ0n) is 18.2. The van der Waals surface area contributed by atoms with Gasteiger partial charge >= 0.3 is 0 Å². The number of ether oxygens (including phenoxy) is 2. The summed E-state index contributed by atoms with van der Waals surface area (Å²) in [6.07, 6.45) is 3.32. The van der Waals surface area contributed by atoms with Gasteiger partial charge < -0.3 is 19.4 Å². The zero-order valence-corrected chi connectivity index (χ0v) is 18.2. The Hall–Kier alpha value is -4.13. The molecule has 0 aliphatic carbocycles. The van der Waals surface area contributed by atoms with Crippen molar-refractivity contribution in [2.24, 2.45) is 0 Å². The first-order valence-electron chi connectivity index (χ1n) is 10.5. The lowest BCUT2D eigenvalue weighted by Crippen LogP contribution is -2.28. The van der Waals surface area contributed by atoms with Gasteiger partial charge in [0.2, 0.25) is 0 Å². The van der Waals surface area contributed by atoms with E-state index in [2.05, 4.69) is 10.3 Å². The molecule has 0 saturated heterocycles. The van der Waals surface area contributed by atoms with E-state index < -0.39 is 0 Å². The maximum absolute atomic E-state index is 14.5. The molecule has 1 aromatic heterocycles. The van der Waals surface area contributed by atoms with Gasteiger partial charge in [-0.25, -0.2) is 9.37 Å². The van der Waals surface area contributed by atoms with Crippen LogP contribution in [0, 0.1) is 12.7 Å². The van der Waals surface area contributed by atoms with Crippen LogP contribution in [-0.2, 0) is 17.9 Å². The molecule has 0 unspecified atom stereocenters. The largest absolute Gasteiger partial charge is 0.489 e. The molecule has 0 saturated carbocycles. The third-order valence-corrected chi connectivity index (χ3v) is 5.03. The molecular formula is C26H24FN3O3. The fourth-order valence-electron chi connectivity index (χ4n) is 3.26. The number of amides is 1. The normalized spacial score (nSPS) is 10.6. The highest BCUT2D eigenvalue weighted by Gasteiger charge is 2.09. The minimum atomic E-state index is -0.381. The van der Waals surface area contributed by atoms with Crippen molar-refractivity contribution in [3.05, 3.63) is 108 Å². The fraction of sp³-hybridized carbons (Fsp3) is 0.154. The van der Waals surface area contributed by atoms with Crippen LogP contribution in [0.1, 0.15) is 17.0 Å². The Labute approximate surface area is 191 Å². The predicted molar refractivity (Wildman–Crippen MR) is 123 cm³/mol. The van der Waals surface area contributed by atoms with Gasteiger partial charge in [-0.1, -0.05) is 36.4 Å². The van der Waals surface area contributed by atoms with Crippen LogP contribution < -0.4 is 14.8 Å². The summed E-state index contributed by atoms with van der Waals surface area (Å²) in [5.74, 6) is 1.29. The van der Waals surface area contributed by atoms with Crippen molar-refractivity contribution in [1.82, 2.24) is 14.9 Å². The van der Waals surface area contributed by atoms with E-state index in [4.69, 9.17) is 9.47 Å². The van der Waals surface area contributed by atoms with E-state index in [-0.39, 0.29) is 24.9 Å². The Morgan fingerprint density at radius 1 is 0.970 bits per heavy atom. The number of nitrogens with one attached hydrogen (secondary N) is 1. The van der Waals surface area contributed by atoms with Crippen LogP contribution in [0.15, 0.2) is 85.2 Å². The highest BCUT2D eigenvalue weighted by atomic mass is 19.1. The Balaban J connectivity index is 1.22. The number of nitrogens with zero attached hydrogens (tertiary/aromatic N) is 2. The lowest BCUT2D eigenvalue weighted by atomic mass is 10.2. The van der Waals surface area contributed by atoms with Crippen LogP contribution in [0.2, 0.25) is 0 Å². The van der Waals surface area contributed by atoms with E-state index >= 15 is 0 Å². The molecule has 0 spiro atoms. The molecule has 0 aliphatic rings. The standard InChI is InChI=1S/C26H24FN3O3/c1-19-28-13-14-30(19)25-12-7-21(15-24(25)27)16-29-26(31)18-33-23-10-8-22(9-11-23)32-17-20-5-3-2-4-6-20/h2-15H,16-18H2,1H3,(H,29,31). The van der Waals surface area contributed by atoms with Gasteiger partial charge in [-0.05, 0) is 54.4 Å². The van der Waals surface area contributed by atoms with Crippen molar-refractivity contribution < 1.29 is 18.7 Å². The third kappa shape index (κ3) is 5.98. The number of carbonyl (C=O) groups excluding carboxylic acids is 1. The highest BCUT2D eigenvalue weighted by molar-refractivity contribution is 5.77. The predicted octanol–water partition coefficient (Wildman–Crippen LogP) is 4.59. The summed E-state index contributed by atoms with van der Waals surface area (Å²) in [5.41, 5.74) is 2.16. The van der Waals surface area contributed by atoms with Gasteiger partial charge in [-0.15, -0.1) is 0 Å². The number of hydrogen-bond donors (Lipinski definition) is 1. The molecule has 1 N–H and O–H groups in total. The van der Waals surface area contributed by atoms with Crippen LogP contribution in [0.3, 0.4) is 0 Å². The highest BCUT2D eigenvalue weighted by Crippen LogP contribution is 2.19. The molecule has 0 atom stereocenters. The molecule has 0 bridgehead atoms. The van der Waals surface area contributed by atoms with Crippen molar-refractivity contribution in [3.63, 3.8) is 0 Å². The minimum Gasteiger partial charge on any atom is -0.489 e. The first kappa shape index (κ1) is 22.1. The molecule has 4 aromatic rings. The van der Waals surface area contributed by atoms with Gasteiger partial charge in [0, 0.05) is 18.9 Å². The van der Waals surface area contributed by atoms with Crippen molar-refractivity contribution in [1.29, 1.82) is 0 Å². The Morgan fingerprint density at radius 2 is 1.70 bits per heavy atom. The molecule has 0 aliphatic heterocycles. The number of imidazole rings is 1. The monoisotopic (exact) mass is 445 g/mol. The molecule has 4 rings (SSSR count). The quantitative estimate of drug-likeness (QED) is 0.409. The number of carbonyl (C=O) groups is 1. The first-order valence-corrected chi connectivity index (χ1v) is 10.5. The van der Waals surface area contributed by atoms with Crippen LogP contribution in [0.5, 0.6) is 11.5 Å². The van der Waals surface area contributed by atoms with Gasteiger partial charge in [0.25, 0.3) is 5.91 Å². The SMILES string of the molecule is Cc1nccn1-c1ccc(CNC(=O)COc2ccc(OCc3ccccc3)cc2)cc1F. The van der Waals surface area contributed by atoms with Gasteiger partial charge in [0.15, 0.2) is 6.61 Å². The topological polar surface area (TPSA) is 65.4 Å². The smallest absolute Gasteiger partial charge is 0.258 e. The Kier molecular flexibility index (Phi) is 6.99. The number of aromatic nitrogens is 2. The average Bonchev–Trinajstić information content (AvgIpc) is 3.27. The molecule has 1 amide bonds. The summed E-state index contributed by atoms with van der Waals surface area (Å²) in [4.78, 5) is 16.2. The molecule has 33 heavy (non-hydrogen) atoms. The lowest BCUT2D eigenvalue weighted by molar-refractivity contribution is -0.123. The summed E-state index contributed by atoms with van der Waals surface area (Å²) in [5, 5.41) is 2.74. The summed E-state index contributed by atoms with van der Waals surface area (Å²) in [7, 11) is 0. The van der Waals surface area contributed by atoms with Crippen molar-refractivity contribution >= 4 is 5.91 Å². The third-order valence-electron chi connectivity index (χ3n) is 5.03. The number of rotatable bonds is 9. The van der Waals surface area contributed by atoms with E-state index in [0.717, 1.165) is 5.56 Å². The first-order chi connectivity index (χ1) is 16.1. The van der Waals surface area contributed by atoms with E-state index in [1.54, 1.807) is 60.3 Å². The van der Waals surface area contributed by atoms with Gasteiger partial charge in [0.1, 0.15) is 29.7 Å². The summed E-state index contributed by atoms with van der Waals surface area (Å²) < 4.78 is 27.4. The summed E-state index contributed by atoms with van der Waals surface area (Å²) >= 11 is 0. The van der Waals surface area contributed by atoms with Crippen LogP contribution in [0.25, 0.3) is 5.69 Å².